The highest BCUT2D eigenvalue weighted by molar-refractivity contribution is 5.96. The summed E-state index contributed by atoms with van der Waals surface area (Å²) in [5.41, 5.74) is 0.332. The lowest BCUT2D eigenvalue weighted by molar-refractivity contribution is -0.0526. The van der Waals surface area contributed by atoms with Gasteiger partial charge in [-0.05, 0) is 24.0 Å². The second kappa shape index (κ2) is 8.05. The molecule has 0 spiro atoms. The highest BCUT2D eigenvalue weighted by Gasteiger charge is 2.38. The van der Waals surface area contributed by atoms with Crippen LogP contribution < -0.4 is 19.5 Å². The summed E-state index contributed by atoms with van der Waals surface area (Å²) in [6.45, 7) is 0.206. The van der Waals surface area contributed by atoms with E-state index in [0.29, 0.717) is 30.5 Å². The molecule has 2 atom stereocenters. The number of benzene rings is 1. The standard InChI is InChI=1S/C16H20F2N2O4.ClH/c1-22-12-3-9(4-13(23-2)14(12)24-16(17)18)15(21)20-7-10-5-19-6-11(10)8-20;/h3-4,10-11,16,19H,5-8H2,1-2H3;1H/t10-,11+;. The molecule has 2 aliphatic rings. The predicted octanol–water partition coefficient (Wildman–Crippen LogP) is 2.02. The van der Waals surface area contributed by atoms with E-state index in [9.17, 15) is 13.6 Å². The summed E-state index contributed by atoms with van der Waals surface area (Å²) < 4.78 is 39.8. The zero-order valence-electron chi connectivity index (χ0n) is 14.0. The molecule has 1 amide bonds. The van der Waals surface area contributed by atoms with E-state index in [4.69, 9.17) is 9.47 Å². The first-order valence-electron chi connectivity index (χ1n) is 7.74. The molecule has 2 fully saturated rings. The molecule has 2 heterocycles. The second-order valence-electron chi connectivity index (χ2n) is 5.98. The Hall–Kier alpha value is -1.80. The Morgan fingerprint density at radius 2 is 1.68 bits per heavy atom. The number of rotatable bonds is 5. The van der Waals surface area contributed by atoms with Crippen LogP contribution in [0, 0.1) is 11.8 Å². The number of nitrogens with zero attached hydrogens (tertiary/aromatic N) is 1. The van der Waals surface area contributed by atoms with Crippen molar-refractivity contribution in [1.82, 2.24) is 10.2 Å². The summed E-state index contributed by atoms with van der Waals surface area (Å²) in [6.07, 6.45) is 0. The number of halogens is 3. The molecule has 0 bridgehead atoms. The quantitative estimate of drug-likeness (QED) is 0.849. The molecule has 1 N–H and O–H groups in total. The van der Waals surface area contributed by atoms with Gasteiger partial charge in [0.15, 0.2) is 11.5 Å². The summed E-state index contributed by atoms with van der Waals surface area (Å²) in [7, 11) is 2.65. The topological polar surface area (TPSA) is 60.0 Å². The van der Waals surface area contributed by atoms with E-state index >= 15 is 0 Å². The van der Waals surface area contributed by atoms with E-state index in [1.54, 1.807) is 4.90 Å². The molecular weight excluding hydrogens is 358 g/mol. The largest absolute Gasteiger partial charge is 0.493 e. The fraction of sp³-hybridized carbons (Fsp3) is 0.562. The first-order chi connectivity index (χ1) is 11.5. The summed E-state index contributed by atoms with van der Waals surface area (Å²) >= 11 is 0. The van der Waals surface area contributed by atoms with Crippen LogP contribution >= 0.6 is 12.4 Å². The van der Waals surface area contributed by atoms with Crippen LogP contribution in [0.25, 0.3) is 0 Å². The molecule has 0 aromatic heterocycles. The highest BCUT2D eigenvalue weighted by Crippen LogP contribution is 2.40. The number of nitrogens with one attached hydrogen (secondary N) is 1. The fourth-order valence-corrected chi connectivity index (χ4v) is 3.41. The minimum Gasteiger partial charge on any atom is -0.493 e. The van der Waals surface area contributed by atoms with Crippen LogP contribution in [0.15, 0.2) is 12.1 Å². The van der Waals surface area contributed by atoms with Gasteiger partial charge in [-0.2, -0.15) is 8.78 Å². The van der Waals surface area contributed by atoms with E-state index in [-0.39, 0.29) is 35.6 Å². The van der Waals surface area contributed by atoms with Crippen molar-refractivity contribution < 1.29 is 27.8 Å². The van der Waals surface area contributed by atoms with E-state index in [1.807, 2.05) is 0 Å². The Bertz CT molecular complexity index is 595. The van der Waals surface area contributed by atoms with E-state index in [0.717, 1.165) is 13.1 Å². The number of fused-ring (bicyclic) bond motifs is 1. The summed E-state index contributed by atoms with van der Waals surface area (Å²) in [6, 6.07) is 2.82. The van der Waals surface area contributed by atoms with Crippen molar-refractivity contribution in [2.24, 2.45) is 11.8 Å². The first-order valence-corrected chi connectivity index (χ1v) is 7.74. The van der Waals surface area contributed by atoms with E-state index in [1.165, 1.54) is 26.4 Å². The molecule has 2 aliphatic heterocycles. The zero-order valence-corrected chi connectivity index (χ0v) is 14.8. The van der Waals surface area contributed by atoms with Crippen molar-refractivity contribution in [3.8, 4) is 17.2 Å². The molecule has 140 valence electrons. The normalized spacial score (nSPS) is 21.7. The molecule has 1 aromatic rings. The Kier molecular flexibility index (Phi) is 6.29. The number of ether oxygens (including phenoxy) is 3. The first kappa shape index (κ1) is 19.5. The Morgan fingerprint density at radius 1 is 1.16 bits per heavy atom. The van der Waals surface area contributed by atoms with Gasteiger partial charge in [0.25, 0.3) is 5.91 Å². The molecule has 25 heavy (non-hydrogen) atoms. The SMILES string of the molecule is COc1cc(C(=O)N2C[C@H]3CNC[C@H]3C2)cc(OC)c1OC(F)F.Cl. The van der Waals surface area contributed by atoms with Gasteiger partial charge in [0, 0.05) is 31.7 Å². The van der Waals surface area contributed by atoms with Crippen LogP contribution in [0.3, 0.4) is 0 Å². The number of amides is 1. The molecule has 2 saturated heterocycles. The summed E-state index contributed by atoms with van der Waals surface area (Å²) in [4.78, 5) is 14.5. The van der Waals surface area contributed by atoms with Crippen molar-refractivity contribution in [3.63, 3.8) is 0 Å². The van der Waals surface area contributed by atoms with Crippen molar-refractivity contribution in [3.05, 3.63) is 17.7 Å². The van der Waals surface area contributed by atoms with Crippen LogP contribution in [-0.4, -0.2) is 57.8 Å². The molecular formula is C16H21ClF2N2O4. The molecule has 6 nitrogen and oxygen atoms in total. The number of carbonyl (C=O) groups excluding carboxylic acids is 1. The number of hydrogen-bond donors (Lipinski definition) is 1. The lowest BCUT2D eigenvalue weighted by Crippen LogP contribution is -2.31. The maximum Gasteiger partial charge on any atom is 0.387 e. The maximum atomic E-state index is 12.8. The summed E-state index contributed by atoms with van der Waals surface area (Å²) in [5, 5.41) is 3.32. The lowest BCUT2D eigenvalue weighted by atomic mass is 10.0. The number of hydrogen-bond acceptors (Lipinski definition) is 5. The highest BCUT2D eigenvalue weighted by atomic mass is 35.5. The molecule has 0 saturated carbocycles. The Morgan fingerprint density at radius 3 is 2.12 bits per heavy atom. The van der Waals surface area contributed by atoms with Gasteiger partial charge in [-0.15, -0.1) is 12.4 Å². The predicted molar refractivity (Wildman–Crippen MR) is 89.2 cm³/mol. The van der Waals surface area contributed by atoms with Gasteiger partial charge in [-0.1, -0.05) is 0 Å². The van der Waals surface area contributed by atoms with Crippen LogP contribution in [-0.2, 0) is 0 Å². The van der Waals surface area contributed by atoms with E-state index in [2.05, 4.69) is 10.1 Å². The molecule has 0 unspecified atom stereocenters. The van der Waals surface area contributed by atoms with Gasteiger partial charge < -0.3 is 24.4 Å². The minimum absolute atomic E-state index is 0. The smallest absolute Gasteiger partial charge is 0.387 e. The van der Waals surface area contributed by atoms with Crippen LogP contribution in [0.5, 0.6) is 17.2 Å². The van der Waals surface area contributed by atoms with Crippen LogP contribution in [0.2, 0.25) is 0 Å². The van der Waals surface area contributed by atoms with E-state index < -0.39 is 6.61 Å². The van der Waals surface area contributed by atoms with Crippen molar-refractivity contribution in [2.45, 2.75) is 6.61 Å². The van der Waals surface area contributed by atoms with Crippen molar-refractivity contribution in [1.29, 1.82) is 0 Å². The molecule has 9 heteroatoms. The average Bonchev–Trinajstić information content (AvgIpc) is 3.15. The Labute approximate surface area is 150 Å². The molecule has 0 radical (unpaired) electrons. The maximum absolute atomic E-state index is 12.8. The second-order valence-corrected chi connectivity index (χ2v) is 5.98. The molecule has 1 aromatic carbocycles. The van der Waals surface area contributed by atoms with Gasteiger partial charge >= 0.3 is 6.61 Å². The van der Waals surface area contributed by atoms with Crippen LogP contribution in [0.4, 0.5) is 8.78 Å². The van der Waals surface area contributed by atoms with Gasteiger partial charge in [0.2, 0.25) is 5.75 Å². The number of likely N-dealkylation sites (tertiary alicyclic amines) is 1. The van der Waals surface area contributed by atoms with Crippen molar-refractivity contribution in [2.75, 3.05) is 40.4 Å². The lowest BCUT2D eigenvalue weighted by Gasteiger charge is -2.20. The number of carbonyl (C=O) groups is 1. The Balaban J connectivity index is 0.00000225. The average molecular weight is 379 g/mol. The third-order valence-corrected chi connectivity index (χ3v) is 4.59. The molecule has 0 aliphatic carbocycles. The van der Waals surface area contributed by atoms with Gasteiger partial charge in [0.1, 0.15) is 0 Å². The summed E-state index contributed by atoms with van der Waals surface area (Å²) in [5.74, 6) is 0.648. The third-order valence-electron chi connectivity index (χ3n) is 4.59. The zero-order chi connectivity index (χ0) is 17.3. The monoisotopic (exact) mass is 378 g/mol. The third kappa shape index (κ3) is 3.90. The van der Waals surface area contributed by atoms with Gasteiger partial charge in [-0.25, -0.2) is 0 Å². The number of alkyl halides is 2. The molecule has 3 rings (SSSR count). The fourth-order valence-electron chi connectivity index (χ4n) is 3.41. The number of methoxy groups -OCH3 is 2. The van der Waals surface area contributed by atoms with Crippen LogP contribution in [0.1, 0.15) is 10.4 Å². The van der Waals surface area contributed by atoms with Gasteiger partial charge in [0.05, 0.1) is 14.2 Å². The van der Waals surface area contributed by atoms with Gasteiger partial charge in [-0.3, -0.25) is 4.79 Å². The minimum atomic E-state index is -3.01. The van der Waals surface area contributed by atoms with Crippen molar-refractivity contribution >= 4 is 18.3 Å².